The van der Waals surface area contributed by atoms with Gasteiger partial charge in [0.05, 0.1) is 0 Å². The van der Waals surface area contributed by atoms with E-state index >= 15 is 0 Å². The van der Waals surface area contributed by atoms with Gasteiger partial charge in [0.15, 0.2) is 0 Å². The van der Waals surface area contributed by atoms with Gasteiger partial charge in [0, 0.05) is 11.7 Å². The van der Waals surface area contributed by atoms with Crippen LogP contribution in [0, 0.1) is 19.3 Å². The Balaban J connectivity index is 2.01. The summed E-state index contributed by atoms with van der Waals surface area (Å²) in [6.45, 7) is 7.37. The van der Waals surface area contributed by atoms with E-state index in [0.29, 0.717) is 0 Å². The van der Waals surface area contributed by atoms with Crippen molar-refractivity contribution in [2.75, 3.05) is 5.32 Å². The maximum absolute atomic E-state index is 12.6. The first-order chi connectivity index (χ1) is 11.3. The average molecular weight is 330 g/mol. The van der Waals surface area contributed by atoms with Crippen molar-refractivity contribution < 1.29 is 9.59 Å². The summed E-state index contributed by atoms with van der Waals surface area (Å²) in [5.41, 5.74) is 1.83. The SMILES string of the molecule is Cc1cc(C)cc(NC(=O)C(C)(C)C(=O)NC2CCCCCC2)c1. The summed E-state index contributed by atoms with van der Waals surface area (Å²) >= 11 is 0. The second kappa shape index (κ2) is 7.82. The zero-order valence-corrected chi connectivity index (χ0v) is 15.4. The van der Waals surface area contributed by atoms with Crippen LogP contribution >= 0.6 is 0 Å². The lowest BCUT2D eigenvalue weighted by atomic mass is 9.90. The van der Waals surface area contributed by atoms with Gasteiger partial charge in [0.25, 0.3) is 0 Å². The quantitative estimate of drug-likeness (QED) is 0.645. The maximum atomic E-state index is 12.6. The minimum Gasteiger partial charge on any atom is -0.352 e. The summed E-state index contributed by atoms with van der Waals surface area (Å²) in [5.74, 6) is -0.449. The summed E-state index contributed by atoms with van der Waals surface area (Å²) in [5, 5.41) is 5.98. The van der Waals surface area contributed by atoms with Crippen LogP contribution in [-0.2, 0) is 9.59 Å². The Morgan fingerprint density at radius 2 is 1.46 bits per heavy atom. The third kappa shape index (κ3) is 4.83. The van der Waals surface area contributed by atoms with Crippen LogP contribution in [0.3, 0.4) is 0 Å². The molecular weight excluding hydrogens is 300 g/mol. The number of hydrogen-bond acceptors (Lipinski definition) is 2. The molecule has 1 aliphatic carbocycles. The number of rotatable bonds is 4. The van der Waals surface area contributed by atoms with Crippen molar-refractivity contribution in [3.63, 3.8) is 0 Å². The predicted molar refractivity (Wildman–Crippen MR) is 98.0 cm³/mol. The minimum absolute atomic E-state index is 0.184. The zero-order chi connectivity index (χ0) is 17.7. The van der Waals surface area contributed by atoms with Crippen molar-refractivity contribution in [2.24, 2.45) is 5.41 Å². The first-order valence-electron chi connectivity index (χ1n) is 9.00. The molecule has 2 N–H and O–H groups in total. The number of carbonyl (C=O) groups is 2. The van der Waals surface area contributed by atoms with Gasteiger partial charge in [-0.15, -0.1) is 0 Å². The van der Waals surface area contributed by atoms with E-state index in [-0.39, 0.29) is 17.9 Å². The number of aryl methyl sites for hydroxylation is 2. The van der Waals surface area contributed by atoms with Crippen molar-refractivity contribution >= 4 is 17.5 Å². The Morgan fingerprint density at radius 3 is 2.00 bits per heavy atom. The van der Waals surface area contributed by atoms with Gasteiger partial charge < -0.3 is 10.6 Å². The van der Waals surface area contributed by atoms with E-state index in [1.54, 1.807) is 13.8 Å². The summed E-state index contributed by atoms with van der Waals surface area (Å²) < 4.78 is 0. The van der Waals surface area contributed by atoms with Crippen molar-refractivity contribution in [2.45, 2.75) is 72.3 Å². The van der Waals surface area contributed by atoms with Crippen molar-refractivity contribution in [3.8, 4) is 0 Å². The van der Waals surface area contributed by atoms with E-state index in [1.807, 2.05) is 26.0 Å². The van der Waals surface area contributed by atoms with Crippen molar-refractivity contribution in [1.29, 1.82) is 0 Å². The Kier molecular flexibility index (Phi) is 6.03. The first kappa shape index (κ1) is 18.5. The topological polar surface area (TPSA) is 58.2 Å². The molecule has 0 aliphatic heterocycles. The van der Waals surface area contributed by atoms with E-state index in [9.17, 15) is 9.59 Å². The van der Waals surface area contributed by atoms with Gasteiger partial charge in [-0.25, -0.2) is 0 Å². The van der Waals surface area contributed by atoms with Crippen LogP contribution in [0.2, 0.25) is 0 Å². The third-order valence-electron chi connectivity index (χ3n) is 4.81. The molecule has 4 heteroatoms. The van der Waals surface area contributed by atoms with Crippen LogP contribution in [0.15, 0.2) is 18.2 Å². The van der Waals surface area contributed by atoms with E-state index in [1.165, 1.54) is 12.8 Å². The van der Waals surface area contributed by atoms with E-state index in [2.05, 4.69) is 16.7 Å². The van der Waals surface area contributed by atoms with Gasteiger partial charge in [-0.05, 0) is 63.8 Å². The lowest BCUT2D eigenvalue weighted by Crippen LogP contribution is -2.48. The summed E-state index contributed by atoms with van der Waals surface area (Å²) in [4.78, 5) is 25.3. The van der Waals surface area contributed by atoms with Gasteiger partial charge in [-0.1, -0.05) is 31.7 Å². The summed E-state index contributed by atoms with van der Waals surface area (Å²) in [6.07, 6.45) is 6.81. The normalized spacial score (nSPS) is 16.3. The highest BCUT2D eigenvalue weighted by Crippen LogP contribution is 2.23. The van der Waals surface area contributed by atoms with Gasteiger partial charge in [-0.2, -0.15) is 0 Å². The van der Waals surface area contributed by atoms with Crippen LogP contribution in [0.4, 0.5) is 5.69 Å². The molecule has 0 saturated heterocycles. The maximum Gasteiger partial charge on any atom is 0.239 e. The smallest absolute Gasteiger partial charge is 0.239 e. The molecule has 0 unspecified atom stereocenters. The van der Waals surface area contributed by atoms with E-state index in [0.717, 1.165) is 42.5 Å². The van der Waals surface area contributed by atoms with Crippen LogP contribution in [-0.4, -0.2) is 17.9 Å². The molecule has 2 amide bonds. The van der Waals surface area contributed by atoms with Crippen LogP contribution in [0.1, 0.15) is 63.5 Å². The molecule has 1 aromatic rings. The second-order valence-corrected chi connectivity index (χ2v) is 7.62. The van der Waals surface area contributed by atoms with Crippen LogP contribution in [0.5, 0.6) is 0 Å². The molecule has 2 rings (SSSR count). The Hall–Kier alpha value is -1.84. The lowest BCUT2D eigenvalue weighted by molar-refractivity contribution is -0.138. The molecule has 1 fully saturated rings. The molecular formula is C20H30N2O2. The Morgan fingerprint density at radius 1 is 0.917 bits per heavy atom. The fourth-order valence-electron chi connectivity index (χ4n) is 3.23. The molecule has 4 nitrogen and oxygen atoms in total. The predicted octanol–water partition coefficient (Wildman–Crippen LogP) is 4.11. The summed E-state index contributed by atoms with van der Waals surface area (Å²) in [6, 6.07) is 6.10. The summed E-state index contributed by atoms with van der Waals surface area (Å²) in [7, 11) is 0. The van der Waals surface area contributed by atoms with Crippen LogP contribution < -0.4 is 10.6 Å². The molecule has 0 radical (unpaired) electrons. The molecule has 0 aromatic heterocycles. The zero-order valence-electron chi connectivity index (χ0n) is 15.4. The molecule has 0 atom stereocenters. The number of amides is 2. The van der Waals surface area contributed by atoms with Gasteiger partial charge in [-0.3, -0.25) is 9.59 Å². The molecule has 0 bridgehead atoms. The lowest BCUT2D eigenvalue weighted by Gasteiger charge is -2.26. The molecule has 1 aliphatic rings. The first-order valence-corrected chi connectivity index (χ1v) is 9.00. The second-order valence-electron chi connectivity index (χ2n) is 7.62. The highest BCUT2D eigenvalue weighted by Gasteiger charge is 2.37. The van der Waals surface area contributed by atoms with Gasteiger partial charge >= 0.3 is 0 Å². The number of hydrogen-bond donors (Lipinski definition) is 2. The molecule has 0 spiro atoms. The highest BCUT2D eigenvalue weighted by atomic mass is 16.2. The molecule has 132 valence electrons. The molecule has 1 aromatic carbocycles. The monoisotopic (exact) mass is 330 g/mol. The number of carbonyl (C=O) groups excluding carboxylic acids is 2. The third-order valence-corrected chi connectivity index (χ3v) is 4.81. The Labute approximate surface area is 145 Å². The molecule has 1 saturated carbocycles. The fourth-order valence-corrected chi connectivity index (χ4v) is 3.23. The largest absolute Gasteiger partial charge is 0.352 e. The standard InChI is InChI=1S/C20H30N2O2/c1-14-11-15(2)13-17(12-14)22-19(24)20(3,4)18(23)21-16-9-7-5-6-8-10-16/h11-13,16H,5-10H2,1-4H3,(H,21,23)(H,22,24). The van der Waals surface area contributed by atoms with Crippen molar-refractivity contribution in [3.05, 3.63) is 29.3 Å². The number of nitrogens with one attached hydrogen (secondary N) is 2. The fraction of sp³-hybridized carbons (Fsp3) is 0.600. The van der Waals surface area contributed by atoms with Crippen molar-refractivity contribution in [1.82, 2.24) is 5.32 Å². The van der Waals surface area contributed by atoms with Gasteiger partial charge in [0.1, 0.15) is 5.41 Å². The minimum atomic E-state index is -1.09. The van der Waals surface area contributed by atoms with E-state index < -0.39 is 5.41 Å². The number of anilines is 1. The average Bonchev–Trinajstić information content (AvgIpc) is 2.74. The van der Waals surface area contributed by atoms with E-state index in [4.69, 9.17) is 0 Å². The Bertz CT molecular complexity index is 579. The highest BCUT2D eigenvalue weighted by molar-refractivity contribution is 6.09. The molecule has 0 heterocycles. The van der Waals surface area contributed by atoms with Gasteiger partial charge in [0.2, 0.25) is 11.8 Å². The van der Waals surface area contributed by atoms with Crippen LogP contribution in [0.25, 0.3) is 0 Å². The number of benzene rings is 1. The molecule has 24 heavy (non-hydrogen) atoms.